The average molecular weight is 394 g/mol. The van der Waals surface area contributed by atoms with Gasteiger partial charge in [0.05, 0.1) is 34.8 Å². The van der Waals surface area contributed by atoms with Crippen molar-refractivity contribution in [3.05, 3.63) is 32.8 Å². The van der Waals surface area contributed by atoms with Gasteiger partial charge in [-0.1, -0.05) is 34.8 Å². The highest BCUT2D eigenvalue weighted by atomic mass is 35.5. The van der Waals surface area contributed by atoms with E-state index in [4.69, 9.17) is 48.8 Å². The molecule has 0 aromatic heterocycles. The molecule has 0 N–H and O–H groups in total. The maximum absolute atomic E-state index is 11.9. The second kappa shape index (κ2) is 7.04. The van der Waals surface area contributed by atoms with Gasteiger partial charge in [0, 0.05) is 10.8 Å². The summed E-state index contributed by atoms with van der Waals surface area (Å²) in [6.07, 6.45) is 0.0315. The molecule has 1 saturated heterocycles. The first-order valence-electron chi connectivity index (χ1n) is 7.55. The minimum atomic E-state index is -0.680. The molecule has 8 heteroatoms. The van der Waals surface area contributed by atoms with Crippen LogP contribution in [0.15, 0.2) is 12.1 Å². The number of halogens is 3. The van der Waals surface area contributed by atoms with Gasteiger partial charge in [-0.25, -0.2) is 0 Å². The van der Waals surface area contributed by atoms with Crippen LogP contribution in [0.1, 0.15) is 45.5 Å². The van der Waals surface area contributed by atoms with E-state index in [0.717, 1.165) is 0 Å². The van der Waals surface area contributed by atoms with E-state index in [0.29, 0.717) is 20.6 Å². The Kier molecular flexibility index (Phi) is 5.83. The number of benzene rings is 1. The number of hydrogen-bond donors (Lipinski definition) is 0. The van der Waals surface area contributed by atoms with Crippen LogP contribution in [-0.2, 0) is 18.8 Å². The van der Waals surface area contributed by atoms with Crippen LogP contribution in [-0.4, -0.2) is 31.4 Å². The Morgan fingerprint density at radius 1 is 1.17 bits per heavy atom. The zero-order valence-corrected chi connectivity index (χ0v) is 16.6. The Hall–Kier alpha value is -0.455. The summed E-state index contributed by atoms with van der Waals surface area (Å²) in [5, 5.41) is 1.06. The van der Waals surface area contributed by atoms with Crippen molar-refractivity contribution in [2.24, 2.45) is 0 Å². The lowest BCUT2D eigenvalue weighted by molar-refractivity contribution is -0.140. The molecule has 1 aliphatic heterocycles. The molecule has 1 aromatic rings. The fourth-order valence-electron chi connectivity index (χ4n) is 2.51. The van der Waals surface area contributed by atoms with Crippen LogP contribution in [0.3, 0.4) is 0 Å². The molecule has 132 valence electrons. The van der Waals surface area contributed by atoms with Crippen LogP contribution in [0.25, 0.3) is 0 Å². The summed E-state index contributed by atoms with van der Waals surface area (Å²) in [6, 6.07) is 3.22. The van der Waals surface area contributed by atoms with E-state index in [1.54, 1.807) is 12.1 Å². The van der Waals surface area contributed by atoms with Crippen LogP contribution in [0, 0.1) is 0 Å². The van der Waals surface area contributed by atoms with Crippen LogP contribution < -0.4 is 0 Å². The van der Waals surface area contributed by atoms with Crippen molar-refractivity contribution < 1.29 is 18.8 Å². The van der Waals surface area contributed by atoms with E-state index in [2.05, 4.69) is 0 Å². The van der Waals surface area contributed by atoms with Gasteiger partial charge in [0.1, 0.15) is 0 Å². The van der Waals surface area contributed by atoms with Crippen LogP contribution in [0.2, 0.25) is 15.1 Å². The molecule has 0 aliphatic carbocycles. The third kappa shape index (κ3) is 3.86. The van der Waals surface area contributed by atoms with Crippen LogP contribution >= 0.6 is 34.8 Å². The Balaban J connectivity index is 2.46. The van der Waals surface area contributed by atoms with Crippen molar-refractivity contribution in [2.45, 2.75) is 51.1 Å². The van der Waals surface area contributed by atoms with Crippen LogP contribution in [0.4, 0.5) is 0 Å². The standard InChI is InChI=1S/C16H20BCl3O4/c1-15(2)16(3,4)24-17(23-15)11(8-13(21)22-5)10-6-9(18)7-12(19)14(10)20/h6-7,11H,8H2,1-5H3. The highest BCUT2D eigenvalue weighted by Gasteiger charge is 2.54. The minimum Gasteiger partial charge on any atom is -0.469 e. The van der Waals surface area contributed by atoms with Crippen LogP contribution in [0.5, 0.6) is 0 Å². The van der Waals surface area contributed by atoms with Gasteiger partial charge in [-0.3, -0.25) is 4.79 Å². The van der Waals surface area contributed by atoms with Crippen molar-refractivity contribution in [3.8, 4) is 0 Å². The van der Waals surface area contributed by atoms with Crippen molar-refractivity contribution in [3.63, 3.8) is 0 Å². The van der Waals surface area contributed by atoms with E-state index in [1.807, 2.05) is 27.7 Å². The highest BCUT2D eigenvalue weighted by molar-refractivity contribution is 6.50. The minimum absolute atomic E-state index is 0.0315. The third-order valence-corrected chi connectivity index (χ3v) is 5.67. The van der Waals surface area contributed by atoms with Gasteiger partial charge in [-0.2, -0.15) is 0 Å². The molecule has 0 spiro atoms. The summed E-state index contributed by atoms with van der Waals surface area (Å²) in [5.41, 5.74) is -0.486. The lowest BCUT2D eigenvalue weighted by Crippen LogP contribution is -2.41. The molecule has 1 aliphatic rings. The number of esters is 1. The fourth-order valence-corrected chi connectivity index (χ4v) is 3.27. The van der Waals surface area contributed by atoms with E-state index < -0.39 is 30.1 Å². The van der Waals surface area contributed by atoms with E-state index in [-0.39, 0.29) is 6.42 Å². The van der Waals surface area contributed by atoms with E-state index in [9.17, 15) is 4.79 Å². The summed E-state index contributed by atoms with van der Waals surface area (Å²) < 4.78 is 17.0. The first-order chi connectivity index (χ1) is 11.0. The Morgan fingerprint density at radius 3 is 2.21 bits per heavy atom. The SMILES string of the molecule is COC(=O)CC(B1OC(C)(C)C(C)(C)O1)c1cc(Cl)cc(Cl)c1Cl. The number of methoxy groups -OCH3 is 1. The van der Waals surface area contributed by atoms with Gasteiger partial charge in [-0.15, -0.1) is 0 Å². The lowest BCUT2D eigenvalue weighted by atomic mass is 9.66. The molecule has 0 bridgehead atoms. The second-order valence-electron chi connectivity index (χ2n) is 6.80. The number of hydrogen-bond acceptors (Lipinski definition) is 4. The molecule has 0 saturated carbocycles. The van der Waals surface area contributed by atoms with E-state index >= 15 is 0 Å². The number of carbonyl (C=O) groups excluding carboxylic acids is 1. The van der Waals surface area contributed by atoms with Gasteiger partial charge in [-0.05, 0) is 45.4 Å². The van der Waals surface area contributed by atoms with E-state index in [1.165, 1.54) is 7.11 Å². The lowest BCUT2D eigenvalue weighted by Gasteiger charge is -2.32. The molecule has 1 aromatic carbocycles. The molecule has 1 heterocycles. The largest absolute Gasteiger partial charge is 0.469 e. The maximum atomic E-state index is 11.9. The number of ether oxygens (including phenoxy) is 1. The molecule has 2 rings (SSSR count). The topological polar surface area (TPSA) is 44.8 Å². The molecule has 1 fully saturated rings. The maximum Gasteiger partial charge on any atom is 0.466 e. The molecular weight excluding hydrogens is 373 g/mol. The summed E-state index contributed by atoms with van der Waals surface area (Å²) in [5.74, 6) is -0.899. The Labute approximate surface area is 157 Å². The van der Waals surface area contributed by atoms with Crippen molar-refractivity contribution in [2.75, 3.05) is 7.11 Å². The van der Waals surface area contributed by atoms with Gasteiger partial charge >= 0.3 is 13.1 Å². The Morgan fingerprint density at radius 2 is 1.71 bits per heavy atom. The zero-order valence-electron chi connectivity index (χ0n) is 14.3. The van der Waals surface area contributed by atoms with Crippen molar-refractivity contribution >= 4 is 47.9 Å². The fraction of sp³-hybridized carbons (Fsp3) is 0.562. The third-order valence-electron chi connectivity index (χ3n) is 4.63. The predicted molar refractivity (Wildman–Crippen MR) is 96.9 cm³/mol. The molecule has 1 unspecified atom stereocenters. The summed E-state index contributed by atoms with van der Waals surface area (Å²) in [7, 11) is 0.650. The average Bonchev–Trinajstić information content (AvgIpc) is 2.68. The molecule has 0 amide bonds. The predicted octanol–water partition coefficient (Wildman–Crippen LogP) is 4.92. The summed E-state index contributed by atoms with van der Waals surface area (Å²) in [4.78, 5) is 11.9. The van der Waals surface area contributed by atoms with Gasteiger partial charge in [0.15, 0.2) is 0 Å². The van der Waals surface area contributed by atoms with Gasteiger partial charge in [0.2, 0.25) is 0 Å². The highest BCUT2D eigenvalue weighted by Crippen LogP contribution is 2.44. The summed E-state index contributed by atoms with van der Waals surface area (Å²) in [6.45, 7) is 7.76. The van der Waals surface area contributed by atoms with Gasteiger partial charge < -0.3 is 14.0 Å². The molecule has 24 heavy (non-hydrogen) atoms. The molecular formula is C16H20BCl3O4. The smallest absolute Gasteiger partial charge is 0.466 e. The number of carbonyl (C=O) groups is 1. The molecule has 4 nitrogen and oxygen atoms in total. The van der Waals surface area contributed by atoms with Crippen molar-refractivity contribution in [1.82, 2.24) is 0 Å². The normalized spacial score (nSPS) is 20.1. The molecule has 1 atom stereocenters. The monoisotopic (exact) mass is 392 g/mol. The molecule has 0 radical (unpaired) electrons. The second-order valence-corrected chi connectivity index (χ2v) is 8.02. The van der Waals surface area contributed by atoms with Crippen molar-refractivity contribution in [1.29, 1.82) is 0 Å². The van der Waals surface area contributed by atoms with Gasteiger partial charge in [0.25, 0.3) is 0 Å². The summed E-state index contributed by atoms with van der Waals surface area (Å²) >= 11 is 18.6. The first-order valence-corrected chi connectivity index (χ1v) is 8.69. The quantitative estimate of drug-likeness (QED) is 0.414. The zero-order chi connectivity index (χ0) is 18.3. The Bertz CT molecular complexity index is 632. The number of rotatable bonds is 4. The first kappa shape index (κ1) is 19.9.